The lowest BCUT2D eigenvalue weighted by Gasteiger charge is -2.25. The summed E-state index contributed by atoms with van der Waals surface area (Å²) in [5, 5.41) is 15.9. The van der Waals surface area contributed by atoms with Gasteiger partial charge in [0.2, 0.25) is 0 Å². The van der Waals surface area contributed by atoms with E-state index < -0.39 is 0 Å². The van der Waals surface area contributed by atoms with Crippen molar-refractivity contribution in [3.8, 4) is 0 Å². The number of hydrogen-bond donors (Lipinski definition) is 1. The lowest BCUT2D eigenvalue weighted by atomic mass is 9.95. The molecule has 0 aliphatic heterocycles. The van der Waals surface area contributed by atoms with Crippen LogP contribution in [0.1, 0.15) is 65.5 Å². The maximum atomic E-state index is 13.0. The average molecular weight is 463 g/mol. The standard InChI is InChI=1S/C25H30N6OS/c1-17-10-11-19-13-20(25(32)26-24(19)18(17)2)14-30(15-22-9-6-12-33-22)16-23-27-28-29-31(23)21-7-4-3-5-8-21/h6,9-13,21H,3-5,7-8,14-16H2,1-2H3,(H,26,32). The Morgan fingerprint density at radius 2 is 1.97 bits per heavy atom. The molecule has 172 valence electrons. The Kier molecular flexibility index (Phi) is 6.37. The predicted molar refractivity (Wildman–Crippen MR) is 131 cm³/mol. The first kappa shape index (κ1) is 22.0. The van der Waals surface area contributed by atoms with Crippen LogP contribution in [0.5, 0.6) is 0 Å². The molecule has 1 saturated carbocycles. The summed E-state index contributed by atoms with van der Waals surface area (Å²) in [6, 6.07) is 10.8. The van der Waals surface area contributed by atoms with Crippen LogP contribution in [0.4, 0.5) is 0 Å². The number of benzene rings is 1. The van der Waals surface area contributed by atoms with Crippen molar-refractivity contribution >= 4 is 22.2 Å². The Hall–Kier alpha value is -2.84. The number of nitrogens with zero attached hydrogens (tertiary/aromatic N) is 5. The summed E-state index contributed by atoms with van der Waals surface area (Å²) in [6.07, 6.45) is 6.02. The number of rotatable bonds is 7. The first-order valence-corrected chi connectivity index (χ1v) is 12.6. The minimum absolute atomic E-state index is 0.0285. The summed E-state index contributed by atoms with van der Waals surface area (Å²) in [4.78, 5) is 19.7. The molecule has 1 N–H and O–H groups in total. The average Bonchev–Trinajstić information content (AvgIpc) is 3.50. The molecule has 3 aromatic heterocycles. The molecule has 4 aromatic rings. The SMILES string of the molecule is Cc1ccc2cc(CN(Cc3cccs3)Cc3nnnn3C3CCCCC3)c(=O)[nH]c2c1C. The zero-order valence-electron chi connectivity index (χ0n) is 19.3. The van der Waals surface area contributed by atoms with E-state index >= 15 is 0 Å². The summed E-state index contributed by atoms with van der Waals surface area (Å²) in [6.45, 7) is 6.01. The van der Waals surface area contributed by atoms with Gasteiger partial charge in [-0.1, -0.05) is 37.5 Å². The zero-order chi connectivity index (χ0) is 22.8. The Labute approximate surface area is 197 Å². The van der Waals surface area contributed by atoms with E-state index in [1.165, 1.54) is 29.7 Å². The minimum Gasteiger partial charge on any atom is -0.321 e. The van der Waals surface area contributed by atoms with E-state index in [9.17, 15) is 4.79 Å². The van der Waals surface area contributed by atoms with Gasteiger partial charge in [-0.25, -0.2) is 4.68 Å². The van der Waals surface area contributed by atoms with Gasteiger partial charge in [0.05, 0.1) is 18.1 Å². The van der Waals surface area contributed by atoms with E-state index in [1.807, 2.05) is 10.7 Å². The monoisotopic (exact) mass is 462 g/mol. The van der Waals surface area contributed by atoms with E-state index in [2.05, 4.69) is 68.9 Å². The summed E-state index contributed by atoms with van der Waals surface area (Å²) in [5.41, 5.74) is 3.96. The van der Waals surface area contributed by atoms with Gasteiger partial charge in [-0.2, -0.15) is 0 Å². The number of H-pyrrole nitrogens is 1. The number of aryl methyl sites for hydroxylation is 2. The fourth-order valence-electron chi connectivity index (χ4n) is 4.84. The zero-order valence-corrected chi connectivity index (χ0v) is 20.1. The predicted octanol–water partition coefficient (Wildman–Crippen LogP) is 4.90. The summed E-state index contributed by atoms with van der Waals surface area (Å²) >= 11 is 1.73. The molecule has 0 spiro atoms. The fraction of sp³-hybridized carbons (Fsp3) is 0.440. The molecule has 1 fully saturated rings. The van der Waals surface area contributed by atoms with Crippen LogP contribution >= 0.6 is 11.3 Å². The number of aromatic nitrogens is 5. The second-order valence-corrected chi connectivity index (χ2v) is 10.2. The van der Waals surface area contributed by atoms with Crippen LogP contribution in [0.3, 0.4) is 0 Å². The first-order valence-electron chi connectivity index (χ1n) is 11.7. The van der Waals surface area contributed by atoms with Gasteiger partial charge in [0.15, 0.2) is 5.82 Å². The molecule has 5 rings (SSSR count). The summed E-state index contributed by atoms with van der Waals surface area (Å²) < 4.78 is 2.03. The van der Waals surface area contributed by atoms with Crippen LogP contribution in [0.25, 0.3) is 10.9 Å². The normalized spacial score (nSPS) is 15.0. The van der Waals surface area contributed by atoms with Crippen molar-refractivity contribution in [2.75, 3.05) is 0 Å². The highest BCUT2D eigenvalue weighted by molar-refractivity contribution is 7.09. The lowest BCUT2D eigenvalue weighted by Crippen LogP contribution is -2.28. The molecule has 1 aromatic carbocycles. The van der Waals surface area contributed by atoms with Crippen molar-refractivity contribution in [3.63, 3.8) is 0 Å². The van der Waals surface area contributed by atoms with Gasteiger partial charge < -0.3 is 4.98 Å². The van der Waals surface area contributed by atoms with Gasteiger partial charge in [-0.15, -0.1) is 16.4 Å². The second kappa shape index (κ2) is 9.57. The van der Waals surface area contributed by atoms with E-state index in [4.69, 9.17) is 0 Å². The van der Waals surface area contributed by atoms with E-state index in [1.54, 1.807) is 11.3 Å². The lowest BCUT2D eigenvalue weighted by molar-refractivity contribution is 0.227. The van der Waals surface area contributed by atoms with Gasteiger partial charge in [-0.05, 0) is 71.1 Å². The molecule has 7 nitrogen and oxygen atoms in total. The van der Waals surface area contributed by atoms with Crippen molar-refractivity contribution in [1.82, 2.24) is 30.1 Å². The smallest absolute Gasteiger partial charge is 0.252 e. The highest BCUT2D eigenvalue weighted by atomic mass is 32.1. The quantitative estimate of drug-likeness (QED) is 0.423. The number of pyridine rings is 1. The van der Waals surface area contributed by atoms with E-state index in [0.29, 0.717) is 19.1 Å². The van der Waals surface area contributed by atoms with Gasteiger partial charge in [0, 0.05) is 23.5 Å². The van der Waals surface area contributed by atoms with Crippen molar-refractivity contribution in [2.45, 2.75) is 71.6 Å². The molecular formula is C25H30N6OS. The Morgan fingerprint density at radius 1 is 1.12 bits per heavy atom. The molecule has 0 unspecified atom stereocenters. The molecule has 0 amide bonds. The number of hydrogen-bond acceptors (Lipinski definition) is 6. The van der Waals surface area contributed by atoms with Crippen molar-refractivity contribution in [3.05, 3.63) is 73.5 Å². The highest BCUT2D eigenvalue weighted by Gasteiger charge is 2.22. The van der Waals surface area contributed by atoms with Crippen LogP contribution in [0.2, 0.25) is 0 Å². The van der Waals surface area contributed by atoms with Gasteiger partial charge in [-0.3, -0.25) is 9.69 Å². The van der Waals surface area contributed by atoms with Crippen LogP contribution in [0.15, 0.2) is 40.5 Å². The molecule has 33 heavy (non-hydrogen) atoms. The van der Waals surface area contributed by atoms with Gasteiger partial charge in [0.1, 0.15) is 0 Å². The van der Waals surface area contributed by atoms with E-state index in [-0.39, 0.29) is 5.56 Å². The molecule has 8 heteroatoms. The highest BCUT2D eigenvalue weighted by Crippen LogP contribution is 2.28. The molecule has 0 saturated heterocycles. The molecule has 1 aliphatic carbocycles. The van der Waals surface area contributed by atoms with Crippen molar-refractivity contribution < 1.29 is 0 Å². The van der Waals surface area contributed by atoms with Crippen LogP contribution < -0.4 is 5.56 Å². The Balaban J connectivity index is 1.44. The first-order chi connectivity index (χ1) is 16.1. The Bertz CT molecular complexity index is 1290. The maximum Gasteiger partial charge on any atom is 0.252 e. The number of thiophene rings is 1. The third-order valence-electron chi connectivity index (χ3n) is 6.83. The molecule has 1 aliphatic rings. The summed E-state index contributed by atoms with van der Waals surface area (Å²) in [5.74, 6) is 0.877. The number of nitrogens with one attached hydrogen (secondary N) is 1. The van der Waals surface area contributed by atoms with Crippen molar-refractivity contribution in [2.24, 2.45) is 0 Å². The number of fused-ring (bicyclic) bond motifs is 1. The molecule has 0 atom stereocenters. The number of aromatic amines is 1. The third kappa shape index (κ3) is 4.77. The van der Waals surface area contributed by atoms with Gasteiger partial charge in [0.25, 0.3) is 5.56 Å². The molecular weight excluding hydrogens is 432 g/mol. The van der Waals surface area contributed by atoms with Crippen LogP contribution in [-0.4, -0.2) is 30.1 Å². The maximum absolute atomic E-state index is 13.0. The Morgan fingerprint density at radius 3 is 2.76 bits per heavy atom. The van der Waals surface area contributed by atoms with Gasteiger partial charge >= 0.3 is 0 Å². The topological polar surface area (TPSA) is 79.7 Å². The molecule has 3 heterocycles. The summed E-state index contributed by atoms with van der Waals surface area (Å²) in [7, 11) is 0. The van der Waals surface area contributed by atoms with Crippen LogP contribution in [-0.2, 0) is 19.6 Å². The fourth-order valence-corrected chi connectivity index (χ4v) is 5.59. The third-order valence-corrected chi connectivity index (χ3v) is 7.69. The van der Waals surface area contributed by atoms with Crippen LogP contribution in [0, 0.1) is 13.8 Å². The minimum atomic E-state index is -0.0285. The second-order valence-electron chi connectivity index (χ2n) is 9.15. The van der Waals surface area contributed by atoms with E-state index in [0.717, 1.165) is 47.2 Å². The molecule has 0 bridgehead atoms. The largest absolute Gasteiger partial charge is 0.321 e. The molecule has 0 radical (unpaired) electrons. The number of tetrazole rings is 1. The van der Waals surface area contributed by atoms with Crippen molar-refractivity contribution in [1.29, 1.82) is 0 Å².